The van der Waals surface area contributed by atoms with Gasteiger partial charge in [-0.1, -0.05) is 13.0 Å². The predicted octanol–water partition coefficient (Wildman–Crippen LogP) is 1.88. The van der Waals surface area contributed by atoms with E-state index in [0.29, 0.717) is 30.4 Å². The van der Waals surface area contributed by atoms with Crippen LogP contribution in [0.5, 0.6) is 0 Å². The monoisotopic (exact) mass is 289 g/mol. The van der Waals surface area contributed by atoms with Crippen molar-refractivity contribution in [3.05, 3.63) is 45.4 Å². The minimum atomic E-state index is -0.383. The second-order valence-electron chi connectivity index (χ2n) is 4.99. The lowest BCUT2D eigenvalue weighted by molar-refractivity contribution is -0.136. The van der Waals surface area contributed by atoms with E-state index in [9.17, 15) is 14.4 Å². The smallest absolute Gasteiger partial charge is 0.333 e. The third kappa shape index (κ3) is 3.12. The molecule has 1 aliphatic rings. The number of Topliss-reactive ketones (excluding diaryl/α,β-unsaturated/α-hetero) is 1. The first kappa shape index (κ1) is 15.2. The Balaban J connectivity index is 2.38. The van der Waals surface area contributed by atoms with Gasteiger partial charge < -0.3 is 9.30 Å². The quantitative estimate of drug-likeness (QED) is 0.627. The van der Waals surface area contributed by atoms with Gasteiger partial charge >= 0.3 is 5.97 Å². The minimum Gasteiger partial charge on any atom is -0.466 e. The highest BCUT2D eigenvalue weighted by atomic mass is 16.5. The summed E-state index contributed by atoms with van der Waals surface area (Å²) in [5.74, 6) is -0.302. The van der Waals surface area contributed by atoms with Gasteiger partial charge in [-0.15, -0.1) is 0 Å². The van der Waals surface area contributed by atoms with Crippen LogP contribution in [0.4, 0.5) is 0 Å². The van der Waals surface area contributed by atoms with E-state index >= 15 is 0 Å². The summed E-state index contributed by atoms with van der Waals surface area (Å²) in [6, 6.07) is 3.03. The number of ketones is 1. The number of allylic oxidation sites excluding steroid dienone is 1. The molecule has 1 aromatic rings. The van der Waals surface area contributed by atoms with Crippen LogP contribution in [0.2, 0.25) is 0 Å². The maximum absolute atomic E-state index is 12.0. The Kier molecular flexibility index (Phi) is 4.73. The van der Waals surface area contributed by atoms with Crippen molar-refractivity contribution >= 4 is 11.8 Å². The van der Waals surface area contributed by atoms with Crippen LogP contribution in [-0.4, -0.2) is 23.4 Å². The van der Waals surface area contributed by atoms with Crippen molar-refractivity contribution in [1.82, 2.24) is 4.57 Å². The molecule has 0 radical (unpaired) electrons. The van der Waals surface area contributed by atoms with Gasteiger partial charge in [0.15, 0.2) is 5.78 Å². The number of hydrogen-bond acceptors (Lipinski definition) is 4. The van der Waals surface area contributed by atoms with Gasteiger partial charge in [0.05, 0.1) is 7.11 Å². The second kappa shape index (κ2) is 6.52. The number of methoxy groups -OCH3 is 1. The van der Waals surface area contributed by atoms with Gasteiger partial charge in [-0.2, -0.15) is 0 Å². The predicted molar refractivity (Wildman–Crippen MR) is 78.4 cm³/mol. The summed E-state index contributed by atoms with van der Waals surface area (Å²) in [6.45, 7) is 2.14. The lowest BCUT2D eigenvalue weighted by atomic mass is 9.94. The summed E-state index contributed by atoms with van der Waals surface area (Å²) in [5, 5.41) is 0. The van der Waals surface area contributed by atoms with E-state index < -0.39 is 0 Å². The maximum Gasteiger partial charge on any atom is 0.333 e. The number of rotatable bonds is 4. The second-order valence-corrected chi connectivity index (χ2v) is 4.99. The summed E-state index contributed by atoms with van der Waals surface area (Å²) in [7, 11) is 1.33. The van der Waals surface area contributed by atoms with Gasteiger partial charge in [-0.05, 0) is 25.3 Å². The number of hydrogen-bond donors (Lipinski definition) is 0. The first-order valence-corrected chi connectivity index (χ1v) is 7.11. The SMILES string of the molecule is CC/C(=C/Cn1c2c(ccc1=O)C(=O)CCC2)C(=O)OC. The Morgan fingerprint density at radius 3 is 2.76 bits per heavy atom. The third-order valence-corrected chi connectivity index (χ3v) is 3.76. The molecule has 0 atom stereocenters. The van der Waals surface area contributed by atoms with Crippen LogP contribution in [0.15, 0.2) is 28.6 Å². The molecule has 0 N–H and O–H groups in total. The van der Waals surface area contributed by atoms with Crippen LogP contribution < -0.4 is 5.56 Å². The molecule has 0 saturated heterocycles. The number of carbonyl (C=O) groups is 2. The maximum atomic E-state index is 12.0. The zero-order chi connectivity index (χ0) is 15.4. The fourth-order valence-electron chi connectivity index (χ4n) is 2.60. The highest BCUT2D eigenvalue weighted by Gasteiger charge is 2.20. The Morgan fingerprint density at radius 2 is 2.10 bits per heavy atom. The molecule has 0 amide bonds. The highest BCUT2D eigenvalue weighted by molar-refractivity contribution is 5.98. The molecule has 112 valence electrons. The lowest BCUT2D eigenvalue weighted by Crippen LogP contribution is -2.27. The molecular formula is C16H19NO4. The summed E-state index contributed by atoms with van der Waals surface area (Å²) in [5.41, 5.74) is 1.78. The van der Waals surface area contributed by atoms with Gasteiger partial charge in [0.1, 0.15) is 0 Å². The molecule has 5 heteroatoms. The summed E-state index contributed by atoms with van der Waals surface area (Å²) >= 11 is 0. The first-order valence-electron chi connectivity index (χ1n) is 7.11. The molecule has 0 fully saturated rings. The summed E-state index contributed by atoms with van der Waals surface area (Å²) in [6.07, 6.45) is 4.24. The largest absolute Gasteiger partial charge is 0.466 e. The molecule has 0 unspecified atom stereocenters. The van der Waals surface area contributed by atoms with Crippen molar-refractivity contribution in [3.8, 4) is 0 Å². The van der Waals surface area contributed by atoms with Crippen LogP contribution >= 0.6 is 0 Å². The summed E-state index contributed by atoms with van der Waals surface area (Å²) < 4.78 is 6.28. The number of nitrogens with zero attached hydrogens (tertiary/aromatic N) is 1. The van der Waals surface area contributed by atoms with E-state index in [0.717, 1.165) is 12.1 Å². The van der Waals surface area contributed by atoms with Crippen LogP contribution in [0, 0.1) is 0 Å². The molecule has 0 bridgehead atoms. The molecule has 0 saturated carbocycles. The third-order valence-electron chi connectivity index (χ3n) is 3.76. The number of pyridine rings is 1. The number of fused-ring (bicyclic) bond motifs is 1. The zero-order valence-electron chi connectivity index (χ0n) is 12.3. The van der Waals surface area contributed by atoms with Gasteiger partial charge in [-0.3, -0.25) is 9.59 Å². The standard InChI is InChI=1S/C16H19NO4/c1-3-11(16(20)21-2)9-10-17-13-5-4-6-14(18)12(13)7-8-15(17)19/h7-9H,3-6,10H2,1-2H3/b11-9-. The molecule has 5 nitrogen and oxygen atoms in total. The molecule has 2 rings (SSSR count). The molecule has 0 aromatic carbocycles. The molecule has 21 heavy (non-hydrogen) atoms. The molecule has 0 spiro atoms. The van der Waals surface area contributed by atoms with Crippen LogP contribution in [0.25, 0.3) is 0 Å². The molecular weight excluding hydrogens is 270 g/mol. The lowest BCUT2D eigenvalue weighted by Gasteiger charge is -2.19. The number of esters is 1. The Labute approximate surface area is 123 Å². The van der Waals surface area contributed by atoms with Crippen molar-refractivity contribution in [2.24, 2.45) is 0 Å². The Hall–Kier alpha value is -2.17. The van der Waals surface area contributed by atoms with Crippen LogP contribution in [0.3, 0.4) is 0 Å². The number of carbonyl (C=O) groups excluding carboxylic acids is 2. The topological polar surface area (TPSA) is 65.4 Å². The molecule has 1 aliphatic carbocycles. The van der Waals surface area contributed by atoms with Gasteiger partial charge in [-0.25, -0.2) is 4.79 Å². The summed E-state index contributed by atoms with van der Waals surface area (Å²) in [4.78, 5) is 35.5. The molecule has 1 aromatic heterocycles. The van der Waals surface area contributed by atoms with E-state index in [4.69, 9.17) is 4.74 Å². The van der Waals surface area contributed by atoms with Crippen LogP contribution in [0.1, 0.15) is 42.2 Å². The van der Waals surface area contributed by atoms with Crippen molar-refractivity contribution in [2.75, 3.05) is 7.11 Å². The van der Waals surface area contributed by atoms with E-state index in [1.165, 1.54) is 13.2 Å². The molecule has 1 heterocycles. The highest BCUT2D eigenvalue weighted by Crippen LogP contribution is 2.19. The van der Waals surface area contributed by atoms with E-state index in [-0.39, 0.29) is 23.9 Å². The van der Waals surface area contributed by atoms with Crippen molar-refractivity contribution < 1.29 is 14.3 Å². The minimum absolute atomic E-state index is 0.0812. The van der Waals surface area contributed by atoms with E-state index in [1.54, 1.807) is 16.7 Å². The zero-order valence-corrected chi connectivity index (χ0v) is 12.3. The fourth-order valence-corrected chi connectivity index (χ4v) is 2.60. The fraction of sp³-hybridized carbons (Fsp3) is 0.438. The average Bonchev–Trinajstić information content (AvgIpc) is 2.49. The average molecular weight is 289 g/mol. The van der Waals surface area contributed by atoms with Gasteiger partial charge in [0, 0.05) is 35.9 Å². The van der Waals surface area contributed by atoms with Gasteiger partial charge in [0.25, 0.3) is 5.56 Å². The first-order chi connectivity index (χ1) is 10.1. The van der Waals surface area contributed by atoms with Crippen molar-refractivity contribution in [3.63, 3.8) is 0 Å². The van der Waals surface area contributed by atoms with Crippen LogP contribution in [-0.2, 0) is 22.5 Å². The van der Waals surface area contributed by atoms with E-state index in [1.807, 2.05) is 6.92 Å². The molecule has 0 aliphatic heterocycles. The van der Waals surface area contributed by atoms with Crippen molar-refractivity contribution in [2.45, 2.75) is 39.2 Å². The normalized spacial score (nSPS) is 14.8. The van der Waals surface area contributed by atoms with Crippen molar-refractivity contribution in [1.29, 1.82) is 0 Å². The Morgan fingerprint density at radius 1 is 1.33 bits per heavy atom. The number of ether oxygens (including phenoxy) is 1. The van der Waals surface area contributed by atoms with Gasteiger partial charge in [0.2, 0.25) is 0 Å². The van der Waals surface area contributed by atoms with E-state index in [2.05, 4.69) is 0 Å². The number of aromatic nitrogens is 1. The Bertz CT molecular complexity index is 655.